The zero-order valence-corrected chi connectivity index (χ0v) is 12.7. The van der Waals surface area contributed by atoms with Gasteiger partial charge in [-0.3, -0.25) is 14.6 Å². The van der Waals surface area contributed by atoms with E-state index >= 15 is 0 Å². The van der Waals surface area contributed by atoms with Crippen molar-refractivity contribution in [3.8, 4) is 0 Å². The zero-order valence-electron chi connectivity index (χ0n) is 12.7. The highest BCUT2D eigenvalue weighted by Crippen LogP contribution is 2.37. The monoisotopic (exact) mass is 303 g/mol. The first-order valence-electron chi connectivity index (χ1n) is 7.64. The fraction of sp³-hybridized carbons (Fsp3) is 0.562. The largest absolute Gasteiger partial charge is 0.383 e. The molecule has 2 N–H and O–H groups in total. The quantitative estimate of drug-likeness (QED) is 0.808. The van der Waals surface area contributed by atoms with Gasteiger partial charge in [0.25, 0.3) is 0 Å². The number of piperidine rings is 1. The lowest BCUT2D eigenvalue weighted by molar-refractivity contribution is -0.135. The van der Waals surface area contributed by atoms with Gasteiger partial charge in [-0.15, -0.1) is 0 Å². The van der Waals surface area contributed by atoms with Crippen molar-refractivity contribution in [3.05, 3.63) is 29.6 Å². The molecule has 0 bridgehead atoms. The van der Waals surface area contributed by atoms with Crippen LogP contribution in [-0.4, -0.2) is 52.5 Å². The summed E-state index contributed by atoms with van der Waals surface area (Å²) in [5.74, 6) is -0.209. The molecule has 6 heteroatoms. The molecule has 3 heterocycles. The molecule has 2 fully saturated rings. The summed E-state index contributed by atoms with van der Waals surface area (Å²) < 4.78 is 0. The Morgan fingerprint density at radius 3 is 2.77 bits per heavy atom. The van der Waals surface area contributed by atoms with Crippen molar-refractivity contribution in [2.75, 3.05) is 19.6 Å². The van der Waals surface area contributed by atoms with Crippen LogP contribution in [0.4, 0.5) is 0 Å². The van der Waals surface area contributed by atoms with Crippen molar-refractivity contribution in [2.45, 2.75) is 32.3 Å². The van der Waals surface area contributed by atoms with E-state index in [0.29, 0.717) is 38.9 Å². The molecule has 2 amide bonds. The fourth-order valence-corrected chi connectivity index (χ4v) is 3.39. The van der Waals surface area contributed by atoms with Crippen LogP contribution in [0.1, 0.15) is 24.0 Å². The van der Waals surface area contributed by atoms with E-state index in [-0.39, 0.29) is 11.8 Å². The van der Waals surface area contributed by atoms with Crippen LogP contribution in [0.2, 0.25) is 0 Å². The lowest BCUT2D eigenvalue weighted by Crippen LogP contribution is -2.48. The van der Waals surface area contributed by atoms with Crippen LogP contribution in [0.15, 0.2) is 18.5 Å². The van der Waals surface area contributed by atoms with E-state index in [2.05, 4.69) is 10.3 Å². The van der Waals surface area contributed by atoms with Gasteiger partial charge in [0.15, 0.2) is 0 Å². The fourth-order valence-electron chi connectivity index (χ4n) is 3.39. The molecule has 3 rings (SSSR count). The van der Waals surface area contributed by atoms with Crippen molar-refractivity contribution in [1.29, 1.82) is 0 Å². The topological polar surface area (TPSA) is 82.5 Å². The van der Waals surface area contributed by atoms with Gasteiger partial charge >= 0.3 is 0 Å². The second-order valence-electron chi connectivity index (χ2n) is 6.41. The van der Waals surface area contributed by atoms with Crippen LogP contribution in [0.25, 0.3) is 0 Å². The van der Waals surface area contributed by atoms with Gasteiger partial charge in [-0.1, -0.05) is 6.07 Å². The SMILES string of the molecule is Cc1cncc(CC(=O)N2CCC3(CC2)CNC(=O)C3O)c1. The summed E-state index contributed by atoms with van der Waals surface area (Å²) in [5, 5.41) is 12.8. The average molecular weight is 303 g/mol. The van der Waals surface area contributed by atoms with Crippen LogP contribution in [0, 0.1) is 12.3 Å². The van der Waals surface area contributed by atoms with Gasteiger partial charge in [-0.2, -0.15) is 0 Å². The molecular weight excluding hydrogens is 282 g/mol. The minimum Gasteiger partial charge on any atom is -0.383 e. The number of nitrogens with one attached hydrogen (secondary N) is 1. The summed E-state index contributed by atoms with van der Waals surface area (Å²) >= 11 is 0. The van der Waals surface area contributed by atoms with Crippen molar-refractivity contribution >= 4 is 11.8 Å². The van der Waals surface area contributed by atoms with Crippen molar-refractivity contribution in [2.24, 2.45) is 5.41 Å². The maximum absolute atomic E-state index is 12.4. The van der Waals surface area contributed by atoms with E-state index in [0.717, 1.165) is 11.1 Å². The summed E-state index contributed by atoms with van der Waals surface area (Å²) in [5.41, 5.74) is 1.57. The summed E-state index contributed by atoms with van der Waals surface area (Å²) in [7, 11) is 0. The first kappa shape index (κ1) is 15.0. The second-order valence-corrected chi connectivity index (χ2v) is 6.41. The smallest absolute Gasteiger partial charge is 0.249 e. The average Bonchev–Trinajstić information content (AvgIpc) is 2.77. The molecule has 118 valence electrons. The number of rotatable bonds is 2. The Labute approximate surface area is 129 Å². The number of nitrogens with zero attached hydrogens (tertiary/aromatic N) is 2. The minimum absolute atomic E-state index is 0.0778. The number of amides is 2. The Balaban J connectivity index is 1.59. The highest BCUT2D eigenvalue weighted by atomic mass is 16.3. The summed E-state index contributed by atoms with van der Waals surface area (Å²) in [4.78, 5) is 29.8. The Morgan fingerprint density at radius 2 is 2.18 bits per heavy atom. The van der Waals surface area contributed by atoms with Gasteiger partial charge in [-0.05, 0) is 30.9 Å². The first-order valence-corrected chi connectivity index (χ1v) is 7.64. The molecule has 0 aliphatic carbocycles. The predicted molar refractivity (Wildman–Crippen MR) is 79.9 cm³/mol. The number of aliphatic hydroxyl groups excluding tert-OH is 1. The molecule has 22 heavy (non-hydrogen) atoms. The third-order valence-electron chi connectivity index (χ3n) is 4.84. The Morgan fingerprint density at radius 1 is 1.45 bits per heavy atom. The third-order valence-corrected chi connectivity index (χ3v) is 4.84. The molecule has 6 nitrogen and oxygen atoms in total. The van der Waals surface area contributed by atoms with E-state index in [1.54, 1.807) is 12.4 Å². The van der Waals surface area contributed by atoms with E-state index in [1.807, 2.05) is 17.9 Å². The molecule has 1 aromatic heterocycles. The van der Waals surface area contributed by atoms with Gasteiger partial charge in [-0.25, -0.2) is 0 Å². The number of aromatic nitrogens is 1. The first-order chi connectivity index (χ1) is 10.5. The van der Waals surface area contributed by atoms with Crippen molar-refractivity contribution < 1.29 is 14.7 Å². The van der Waals surface area contributed by atoms with E-state index in [4.69, 9.17) is 0 Å². The Kier molecular flexibility index (Phi) is 3.87. The normalized spacial score (nSPS) is 23.6. The molecule has 1 spiro atoms. The number of likely N-dealkylation sites (tertiary alicyclic amines) is 1. The van der Waals surface area contributed by atoms with Gasteiger partial charge in [0, 0.05) is 37.4 Å². The third kappa shape index (κ3) is 2.70. The van der Waals surface area contributed by atoms with E-state index in [1.165, 1.54) is 0 Å². The minimum atomic E-state index is -0.939. The van der Waals surface area contributed by atoms with Crippen LogP contribution >= 0.6 is 0 Å². The van der Waals surface area contributed by atoms with Crippen molar-refractivity contribution in [1.82, 2.24) is 15.2 Å². The highest BCUT2D eigenvalue weighted by Gasteiger charge is 2.49. The summed E-state index contributed by atoms with van der Waals surface area (Å²) in [6.07, 6.45) is 4.21. The van der Waals surface area contributed by atoms with E-state index in [9.17, 15) is 14.7 Å². The number of pyridine rings is 1. The number of carbonyl (C=O) groups is 2. The number of aliphatic hydroxyl groups is 1. The second kappa shape index (κ2) is 5.68. The molecule has 2 aliphatic heterocycles. The van der Waals surface area contributed by atoms with Gasteiger partial charge in [0.1, 0.15) is 6.10 Å². The van der Waals surface area contributed by atoms with Crippen molar-refractivity contribution in [3.63, 3.8) is 0 Å². The van der Waals surface area contributed by atoms with Gasteiger partial charge in [0.2, 0.25) is 11.8 Å². The molecule has 2 aliphatic rings. The number of aryl methyl sites for hydroxylation is 1. The van der Waals surface area contributed by atoms with Gasteiger partial charge < -0.3 is 15.3 Å². The van der Waals surface area contributed by atoms with Crippen LogP contribution in [0.5, 0.6) is 0 Å². The van der Waals surface area contributed by atoms with Crippen LogP contribution < -0.4 is 5.32 Å². The Bertz CT molecular complexity index is 594. The summed E-state index contributed by atoms with van der Waals surface area (Å²) in [6, 6.07) is 1.97. The zero-order chi connectivity index (χ0) is 15.7. The standard InChI is InChI=1S/C16H21N3O3/c1-11-6-12(9-17-8-11)7-13(20)19-4-2-16(3-5-19)10-18-15(22)14(16)21/h6,8-9,14,21H,2-5,7,10H2,1H3,(H,18,22). The lowest BCUT2D eigenvalue weighted by Gasteiger charge is -2.39. The molecule has 0 radical (unpaired) electrons. The Hall–Kier alpha value is -1.95. The van der Waals surface area contributed by atoms with E-state index < -0.39 is 11.5 Å². The maximum atomic E-state index is 12.4. The predicted octanol–water partition coefficient (Wildman–Crippen LogP) is 0.0320. The number of hydrogen-bond donors (Lipinski definition) is 2. The number of carbonyl (C=O) groups excluding carboxylic acids is 2. The molecule has 1 atom stereocenters. The molecule has 0 aromatic carbocycles. The lowest BCUT2D eigenvalue weighted by atomic mass is 9.75. The molecular formula is C16H21N3O3. The maximum Gasteiger partial charge on any atom is 0.249 e. The number of hydrogen-bond acceptors (Lipinski definition) is 4. The summed E-state index contributed by atoms with van der Waals surface area (Å²) in [6.45, 7) is 3.64. The molecule has 0 saturated carbocycles. The molecule has 2 saturated heterocycles. The van der Waals surface area contributed by atoms with Crippen LogP contribution in [-0.2, 0) is 16.0 Å². The van der Waals surface area contributed by atoms with Gasteiger partial charge in [0.05, 0.1) is 6.42 Å². The molecule has 1 unspecified atom stereocenters. The van der Waals surface area contributed by atoms with Crippen LogP contribution in [0.3, 0.4) is 0 Å². The molecule has 1 aromatic rings. The highest BCUT2D eigenvalue weighted by molar-refractivity contribution is 5.84.